The van der Waals surface area contributed by atoms with Crippen molar-refractivity contribution in [3.05, 3.63) is 129 Å². The molecule has 11 heteroatoms. The number of alkyl halides is 2. The van der Waals surface area contributed by atoms with Gasteiger partial charge in [0.15, 0.2) is 17.5 Å². The van der Waals surface area contributed by atoms with E-state index >= 15 is 0 Å². The molecule has 0 radical (unpaired) electrons. The van der Waals surface area contributed by atoms with Crippen molar-refractivity contribution < 1.29 is 49.0 Å². The molecule has 4 rings (SSSR count). The number of ether oxygens (including phenoxy) is 2. The van der Waals surface area contributed by atoms with Crippen LogP contribution in [0.4, 0.5) is 39.5 Å². The van der Waals surface area contributed by atoms with Crippen LogP contribution in [0, 0.1) is 64.4 Å². The Hall–Kier alpha value is -5.03. The van der Waals surface area contributed by atoms with E-state index in [0.29, 0.717) is 36.8 Å². The van der Waals surface area contributed by atoms with Gasteiger partial charge < -0.3 is 9.47 Å². The first kappa shape index (κ1) is 31.9. The molecule has 226 valence electrons. The van der Waals surface area contributed by atoms with E-state index in [-0.39, 0.29) is 29.0 Å². The van der Waals surface area contributed by atoms with E-state index in [1.165, 1.54) is 0 Å². The molecule has 0 aliphatic carbocycles. The van der Waals surface area contributed by atoms with Crippen LogP contribution >= 0.6 is 0 Å². The van der Waals surface area contributed by atoms with Gasteiger partial charge in [-0.25, -0.2) is 30.7 Å². The number of unbranched alkanes of at least 4 members (excludes halogenated alkanes) is 1. The largest absolute Gasteiger partial charge is 0.493 e. The fourth-order valence-electron chi connectivity index (χ4n) is 3.68. The molecule has 44 heavy (non-hydrogen) atoms. The molecule has 0 aliphatic rings. The average Bonchev–Trinajstić information content (AvgIpc) is 2.95. The monoisotopic (exact) mass is 618 g/mol. The third kappa shape index (κ3) is 7.67. The van der Waals surface area contributed by atoms with Gasteiger partial charge in [0.2, 0.25) is 0 Å². The second-order valence-electron chi connectivity index (χ2n) is 9.17. The molecule has 4 aromatic carbocycles. The molecule has 0 heterocycles. The molecule has 2 nitrogen and oxygen atoms in total. The molecule has 0 aliphatic heterocycles. The average molecular weight is 618 g/mol. The molecular weight excluding hydrogens is 599 g/mol. The molecular formula is C33H19F9O2. The Morgan fingerprint density at radius 2 is 1.23 bits per heavy atom. The summed E-state index contributed by atoms with van der Waals surface area (Å²) in [6, 6.07) is 7.66. The summed E-state index contributed by atoms with van der Waals surface area (Å²) in [5, 5.41) is 0. The molecule has 0 saturated carbocycles. The summed E-state index contributed by atoms with van der Waals surface area (Å²) in [5.74, 6) is -1.15. The predicted molar refractivity (Wildman–Crippen MR) is 142 cm³/mol. The molecule has 0 fully saturated rings. The quantitative estimate of drug-likeness (QED) is 0.0893. The zero-order chi connectivity index (χ0) is 32.0. The number of halogens is 9. The normalized spacial score (nSPS) is 10.9. The van der Waals surface area contributed by atoms with Crippen molar-refractivity contribution in [3.63, 3.8) is 0 Å². The fraction of sp³-hybridized carbons (Fsp3) is 0.152. The number of hydrogen-bond donors (Lipinski definition) is 0. The third-order valence-corrected chi connectivity index (χ3v) is 5.91. The van der Waals surface area contributed by atoms with E-state index in [0.717, 1.165) is 36.8 Å². The van der Waals surface area contributed by atoms with Gasteiger partial charge in [-0.2, -0.15) is 8.78 Å². The first-order valence-corrected chi connectivity index (χ1v) is 12.8. The minimum Gasteiger partial charge on any atom is -0.493 e. The Bertz CT molecular complexity index is 1780. The Morgan fingerprint density at radius 1 is 0.614 bits per heavy atom. The lowest BCUT2D eigenvalue weighted by atomic mass is 10.1. The van der Waals surface area contributed by atoms with Gasteiger partial charge in [-0.1, -0.05) is 37.0 Å². The van der Waals surface area contributed by atoms with E-state index in [1.807, 2.05) is 6.92 Å². The van der Waals surface area contributed by atoms with E-state index < -0.39 is 63.7 Å². The van der Waals surface area contributed by atoms with Crippen LogP contribution in [0.5, 0.6) is 11.5 Å². The van der Waals surface area contributed by atoms with Crippen LogP contribution in [0.2, 0.25) is 0 Å². The molecule has 0 N–H and O–H groups in total. The molecule has 0 unspecified atom stereocenters. The molecule has 0 saturated heterocycles. The van der Waals surface area contributed by atoms with Crippen molar-refractivity contribution in [3.8, 4) is 35.2 Å². The SMILES string of the molecule is CCCCOc1cc(F)c(C#Cc2ccc(C(F)(F)Oc3ccc(C#Cc4cc(F)c(F)c(F)c4)c(F)c3)c(F)c2)c(F)c1. The summed E-state index contributed by atoms with van der Waals surface area (Å²) in [5.41, 5.74) is -2.72. The summed E-state index contributed by atoms with van der Waals surface area (Å²) in [7, 11) is 0. The van der Waals surface area contributed by atoms with Gasteiger partial charge in [0.1, 0.15) is 40.3 Å². The Balaban J connectivity index is 1.49. The standard InChI is InChI=1S/C33H19F9O2/c1-2-3-12-43-23-17-27(35)24(28(36)18-23)10-5-19-6-11-25(29(37)13-19)33(41,42)44-22-9-8-21(26(34)16-22)7-4-20-14-30(38)32(40)31(39)15-20/h6,8-9,11,13-18H,2-3,12H2,1H3. The maximum Gasteiger partial charge on any atom is 0.429 e. The Morgan fingerprint density at radius 3 is 1.84 bits per heavy atom. The fourth-order valence-corrected chi connectivity index (χ4v) is 3.68. The maximum absolute atomic E-state index is 14.8. The minimum absolute atomic E-state index is 0.0301. The van der Waals surface area contributed by atoms with Crippen molar-refractivity contribution in [2.75, 3.05) is 6.61 Å². The van der Waals surface area contributed by atoms with E-state index in [9.17, 15) is 39.5 Å². The number of hydrogen-bond acceptors (Lipinski definition) is 2. The molecule has 0 spiro atoms. The highest BCUT2D eigenvalue weighted by atomic mass is 19.3. The van der Waals surface area contributed by atoms with Crippen LogP contribution in [-0.4, -0.2) is 6.61 Å². The molecule has 0 amide bonds. The summed E-state index contributed by atoms with van der Waals surface area (Å²) in [6.45, 7) is 2.18. The second-order valence-corrected chi connectivity index (χ2v) is 9.17. The van der Waals surface area contributed by atoms with Gasteiger partial charge in [0.25, 0.3) is 0 Å². The molecule has 4 aromatic rings. The van der Waals surface area contributed by atoms with Gasteiger partial charge >= 0.3 is 6.11 Å². The van der Waals surface area contributed by atoms with Crippen molar-refractivity contribution in [2.24, 2.45) is 0 Å². The van der Waals surface area contributed by atoms with Crippen LogP contribution in [0.1, 0.15) is 47.6 Å². The van der Waals surface area contributed by atoms with Crippen LogP contribution in [-0.2, 0) is 6.11 Å². The Kier molecular flexibility index (Phi) is 9.80. The van der Waals surface area contributed by atoms with E-state index in [1.54, 1.807) is 0 Å². The number of rotatable bonds is 7. The van der Waals surface area contributed by atoms with Gasteiger partial charge in [0.05, 0.1) is 17.7 Å². The lowest BCUT2D eigenvalue weighted by molar-refractivity contribution is -0.187. The van der Waals surface area contributed by atoms with Crippen LogP contribution in [0.25, 0.3) is 0 Å². The van der Waals surface area contributed by atoms with Gasteiger partial charge in [0, 0.05) is 29.3 Å². The van der Waals surface area contributed by atoms with E-state index in [2.05, 4.69) is 28.4 Å². The minimum atomic E-state index is -4.30. The van der Waals surface area contributed by atoms with Gasteiger partial charge in [-0.05, 0) is 48.9 Å². The summed E-state index contributed by atoms with van der Waals surface area (Å²) in [4.78, 5) is 0. The first-order valence-electron chi connectivity index (χ1n) is 12.8. The second kappa shape index (κ2) is 13.5. The highest BCUT2D eigenvalue weighted by Gasteiger charge is 2.38. The van der Waals surface area contributed by atoms with Crippen molar-refractivity contribution in [2.45, 2.75) is 25.9 Å². The topological polar surface area (TPSA) is 18.5 Å². The predicted octanol–water partition coefficient (Wildman–Crippen LogP) is 8.77. The van der Waals surface area contributed by atoms with Crippen molar-refractivity contribution in [1.29, 1.82) is 0 Å². The lowest BCUT2D eigenvalue weighted by Crippen LogP contribution is -2.23. The smallest absolute Gasteiger partial charge is 0.429 e. The summed E-state index contributed by atoms with van der Waals surface area (Å²) in [6.07, 6.45) is -2.80. The third-order valence-electron chi connectivity index (χ3n) is 5.91. The highest BCUT2D eigenvalue weighted by Crippen LogP contribution is 2.34. The Labute approximate surface area is 246 Å². The van der Waals surface area contributed by atoms with Crippen molar-refractivity contribution >= 4 is 0 Å². The zero-order valence-corrected chi connectivity index (χ0v) is 22.6. The molecule has 0 atom stereocenters. The van der Waals surface area contributed by atoms with E-state index in [4.69, 9.17) is 4.74 Å². The van der Waals surface area contributed by atoms with Crippen LogP contribution in [0.3, 0.4) is 0 Å². The highest BCUT2D eigenvalue weighted by molar-refractivity contribution is 5.48. The lowest BCUT2D eigenvalue weighted by Gasteiger charge is -2.19. The van der Waals surface area contributed by atoms with Crippen molar-refractivity contribution in [1.82, 2.24) is 0 Å². The van der Waals surface area contributed by atoms with Gasteiger partial charge in [-0.3, -0.25) is 0 Å². The maximum atomic E-state index is 14.8. The van der Waals surface area contributed by atoms with Crippen LogP contribution < -0.4 is 9.47 Å². The summed E-state index contributed by atoms with van der Waals surface area (Å²) < 4.78 is 137. The molecule has 0 aromatic heterocycles. The van der Waals surface area contributed by atoms with Gasteiger partial charge in [-0.15, -0.1) is 0 Å². The molecule has 0 bridgehead atoms. The number of benzene rings is 4. The summed E-state index contributed by atoms with van der Waals surface area (Å²) >= 11 is 0. The zero-order valence-electron chi connectivity index (χ0n) is 22.6. The first-order chi connectivity index (χ1) is 20.9. The van der Waals surface area contributed by atoms with Crippen LogP contribution in [0.15, 0.2) is 60.7 Å².